The monoisotopic (exact) mass is 442 g/mol. The van der Waals surface area contributed by atoms with Crippen molar-refractivity contribution in [1.82, 2.24) is 15.0 Å². The number of morpholine rings is 1. The molecule has 1 aliphatic heterocycles. The normalized spacial score (nSPS) is 14.3. The van der Waals surface area contributed by atoms with Crippen molar-refractivity contribution >= 4 is 39.3 Å². The van der Waals surface area contributed by atoms with Gasteiger partial charge in [0.15, 0.2) is 0 Å². The van der Waals surface area contributed by atoms with Crippen LogP contribution in [0.2, 0.25) is 0 Å². The Bertz CT molecular complexity index is 1170. The van der Waals surface area contributed by atoms with Gasteiger partial charge >= 0.3 is 0 Å². The van der Waals surface area contributed by atoms with Crippen LogP contribution < -0.4 is 15.5 Å². The Morgan fingerprint density at radius 2 is 1.58 bits per heavy atom. The smallest absolute Gasteiger partial charge is 0.294 e. The third-order valence-electron chi connectivity index (χ3n) is 4.67. The molecular weight excluding hydrogens is 420 g/mol. The minimum atomic E-state index is -4.35. The van der Waals surface area contributed by atoms with Crippen molar-refractivity contribution in [3.8, 4) is 0 Å². The molecule has 0 radical (unpaired) electrons. The van der Waals surface area contributed by atoms with Crippen LogP contribution in [0.15, 0.2) is 53.4 Å². The van der Waals surface area contributed by atoms with Crippen LogP contribution in [0.4, 0.5) is 29.2 Å². The average molecular weight is 443 g/mol. The summed E-state index contributed by atoms with van der Waals surface area (Å²) in [5.41, 5.74) is 1.67. The van der Waals surface area contributed by atoms with Gasteiger partial charge in [0.25, 0.3) is 10.1 Å². The number of aryl methyl sites for hydroxylation is 1. The summed E-state index contributed by atoms with van der Waals surface area (Å²) < 4.78 is 38.1. The summed E-state index contributed by atoms with van der Waals surface area (Å²) in [6.45, 7) is 4.04. The van der Waals surface area contributed by atoms with Gasteiger partial charge in [-0.1, -0.05) is 24.3 Å². The molecule has 1 aliphatic rings. The summed E-state index contributed by atoms with van der Waals surface area (Å²) in [6.07, 6.45) is 0. The second-order valence-corrected chi connectivity index (χ2v) is 8.34. The molecule has 0 atom stereocenters. The molecule has 4 rings (SSSR count). The van der Waals surface area contributed by atoms with E-state index in [0.29, 0.717) is 49.5 Å². The molecule has 162 valence electrons. The predicted octanol–water partition coefficient (Wildman–Crippen LogP) is 2.75. The van der Waals surface area contributed by atoms with Crippen molar-refractivity contribution in [2.45, 2.75) is 11.8 Å². The van der Waals surface area contributed by atoms with Gasteiger partial charge in [-0.15, -0.1) is 0 Å². The molecule has 1 saturated heterocycles. The molecule has 1 fully saturated rings. The van der Waals surface area contributed by atoms with E-state index in [-0.39, 0.29) is 10.8 Å². The molecule has 2 aromatic carbocycles. The lowest BCUT2D eigenvalue weighted by Gasteiger charge is -2.27. The molecule has 0 bridgehead atoms. The number of nitrogens with zero attached hydrogens (tertiary/aromatic N) is 4. The summed E-state index contributed by atoms with van der Waals surface area (Å²) >= 11 is 0. The van der Waals surface area contributed by atoms with Crippen molar-refractivity contribution in [2.24, 2.45) is 0 Å². The molecule has 10 nitrogen and oxygen atoms in total. The van der Waals surface area contributed by atoms with Gasteiger partial charge in [0.05, 0.1) is 18.1 Å². The van der Waals surface area contributed by atoms with E-state index in [1.54, 1.807) is 19.1 Å². The van der Waals surface area contributed by atoms with E-state index in [4.69, 9.17) is 4.74 Å². The number of nitrogens with one attached hydrogen (secondary N) is 2. The number of benzene rings is 2. The van der Waals surface area contributed by atoms with Gasteiger partial charge in [0, 0.05) is 24.5 Å². The number of hydrogen-bond donors (Lipinski definition) is 3. The number of para-hydroxylation sites is 1. The highest BCUT2D eigenvalue weighted by atomic mass is 32.2. The maximum Gasteiger partial charge on any atom is 0.294 e. The fourth-order valence-electron chi connectivity index (χ4n) is 3.12. The van der Waals surface area contributed by atoms with Gasteiger partial charge in [0.1, 0.15) is 0 Å². The number of rotatable bonds is 6. The first-order valence-electron chi connectivity index (χ1n) is 9.64. The Kier molecular flexibility index (Phi) is 5.98. The summed E-state index contributed by atoms with van der Waals surface area (Å²) in [4.78, 5) is 15.3. The second kappa shape index (κ2) is 8.84. The van der Waals surface area contributed by atoms with Crippen LogP contribution in [-0.2, 0) is 14.9 Å². The highest BCUT2D eigenvalue weighted by Crippen LogP contribution is 2.24. The van der Waals surface area contributed by atoms with E-state index in [1.807, 2.05) is 35.2 Å². The predicted molar refractivity (Wildman–Crippen MR) is 117 cm³/mol. The van der Waals surface area contributed by atoms with Crippen LogP contribution in [0, 0.1) is 6.92 Å². The number of anilines is 5. The van der Waals surface area contributed by atoms with Crippen molar-refractivity contribution in [3.05, 3.63) is 54.1 Å². The molecule has 3 aromatic rings. The summed E-state index contributed by atoms with van der Waals surface area (Å²) in [5, 5.41) is 6.17. The van der Waals surface area contributed by atoms with Crippen LogP contribution in [0.3, 0.4) is 0 Å². The van der Waals surface area contributed by atoms with Gasteiger partial charge < -0.3 is 20.3 Å². The van der Waals surface area contributed by atoms with E-state index in [0.717, 1.165) is 5.69 Å². The van der Waals surface area contributed by atoms with Gasteiger partial charge in [0.2, 0.25) is 17.8 Å². The third-order valence-corrected chi connectivity index (χ3v) is 5.67. The molecule has 1 aromatic heterocycles. The zero-order valence-electron chi connectivity index (χ0n) is 16.8. The number of hydrogen-bond acceptors (Lipinski definition) is 9. The topological polar surface area (TPSA) is 130 Å². The van der Waals surface area contributed by atoms with Crippen LogP contribution in [0.1, 0.15) is 5.56 Å². The van der Waals surface area contributed by atoms with E-state index >= 15 is 0 Å². The third kappa shape index (κ3) is 5.26. The molecule has 0 aliphatic carbocycles. The maximum atomic E-state index is 11.6. The minimum absolute atomic E-state index is 0.178. The summed E-state index contributed by atoms with van der Waals surface area (Å²) in [5.74, 6) is 1.05. The first-order valence-corrected chi connectivity index (χ1v) is 11.1. The summed E-state index contributed by atoms with van der Waals surface area (Å²) in [6, 6.07) is 14.1. The fraction of sp³-hybridized carbons (Fsp3) is 0.250. The Morgan fingerprint density at radius 3 is 2.23 bits per heavy atom. The van der Waals surface area contributed by atoms with E-state index in [9.17, 15) is 13.0 Å². The van der Waals surface area contributed by atoms with Crippen molar-refractivity contribution in [2.75, 3.05) is 41.8 Å². The minimum Gasteiger partial charge on any atom is -0.378 e. The van der Waals surface area contributed by atoms with Gasteiger partial charge in [-0.25, -0.2) is 0 Å². The highest BCUT2D eigenvalue weighted by Gasteiger charge is 2.18. The quantitative estimate of drug-likeness (QED) is 0.490. The van der Waals surface area contributed by atoms with Gasteiger partial charge in [-0.2, -0.15) is 23.4 Å². The first kappa shape index (κ1) is 21.0. The van der Waals surface area contributed by atoms with E-state index in [2.05, 4.69) is 25.6 Å². The fourth-order valence-corrected chi connectivity index (χ4v) is 3.87. The molecule has 0 amide bonds. The van der Waals surface area contributed by atoms with Crippen molar-refractivity contribution in [1.29, 1.82) is 0 Å². The molecule has 11 heteroatoms. The SMILES string of the molecule is Cc1ccc(Nc2nc(Nc3ccccc3)nc(N3CCOCC3)n2)cc1S(=O)(=O)O. The number of aromatic nitrogens is 3. The molecule has 0 saturated carbocycles. The zero-order valence-corrected chi connectivity index (χ0v) is 17.6. The Labute approximate surface area is 180 Å². The lowest BCUT2D eigenvalue weighted by molar-refractivity contribution is 0.122. The molecule has 31 heavy (non-hydrogen) atoms. The van der Waals surface area contributed by atoms with Gasteiger partial charge in [-0.3, -0.25) is 4.55 Å². The first-order chi connectivity index (χ1) is 14.9. The van der Waals surface area contributed by atoms with Crippen LogP contribution in [0.5, 0.6) is 0 Å². The van der Waals surface area contributed by atoms with Crippen LogP contribution in [0.25, 0.3) is 0 Å². The highest BCUT2D eigenvalue weighted by molar-refractivity contribution is 7.85. The van der Waals surface area contributed by atoms with Crippen molar-refractivity contribution in [3.63, 3.8) is 0 Å². The van der Waals surface area contributed by atoms with Gasteiger partial charge in [-0.05, 0) is 36.8 Å². The molecular formula is C20H22N6O4S. The molecule has 0 spiro atoms. The summed E-state index contributed by atoms with van der Waals surface area (Å²) in [7, 11) is -4.35. The second-order valence-electron chi connectivity index (χ2n) is 6.95. The standard InChI is InChI=1S/C20H22N6O4S/c1-14-7-8-16(13-17(14)31(27,28)29)22-19-23-18(21-15-5-3-2-4-6-15)24-20(25-19)26-9-11-30-12-10-26/h2-8,13H,9-12H2,1H3,(H,27,28,29)(H2,21,22,23,24,25). The Morgan fingerprint density at radius 1 is 0.935 bits per heavy atom. The number of ether oxygens (including phenoxy) is 1. The maximum absolute atomic E-state index is 11.6. The molecule has 2 heterocycles. The van der Waals surface area contributed by atoms with Crippen LogP contribution >= 0.6 is 0 Å². The van der Waals surface area contributed by atoms with Crippen LogP contribution in [-0.4, -0.2) is 54.2 Å². The lowest BCUT2D eigenvalue weighted by Crippen LogP contribution is -2.37. The molecule has 3 N–H and O–H groups in total. The van der Waals surface area contributed by atoms with E-state index < -0.39 is 10.1 Å². The zero-order chi connectivity index (χ0) is 21.8. The Balaban J connectivity index is 1.68. The Hall–Kier alpha value is -3.28. The lowest BCUT2D eigenvalue weighted by atomic mass is 10.2. The molecule has 0 unspecified atom stereocenters. The van der Waals surface area contributed by atoms with E-state index in [1.165, 1.54) is 6.07 Å². The largest absolute Gasteiger partial charge is 0.378 e. The average Bonchev–Trinajstić information content (AvgIpc) is 2.75. The van der Waals surface area contributed by atoms with Crippen molar-refractivity contribution < 1.29 is 17.7 Å².